The average molecular weight is 350 g/mol. The van der Waals surface area contributed by atoms with Gasteiger partial charge >= 0.3 is 5.97 Å². The number of aromatic amines is 1. The Balaban J connectivity index is 1.67. The number of pyridine rings is 1. The zero-order valence-electron chi connectivity index (χ0n) is 14.5. The fraction of sp³-hybridized carbons (Fsp3) is 0.278. The highest BCUT2D eigenvalue weighted by Crippen LogP contribution is 2.26. The van der Waals surface area contributed by atoms with Gasteiger partial charge in [0, 0.05) is 47.4 Å². The van der Waals surface area contributed by atoms with Crippen molar-refractivity contribution in [2.45, 2.75) is 26.8 Å². The summed E-state index contributed by atoms with van der Waals surface area (Å²) in [7, 11) is 0. The predicted molar refractivity (Wildman–Crippen MR) is 95.0 cm³/mol. The van der Waals surface area contributed by atoms with E-state index in [9.17, 15) is 9.90 Å². The molecule has 132 valence electrons. The fourth-order valence-corrected chi connectivity index (χ4v) is 3.25. The first-order valence-electron chi connectivity index (χ1n) is 8.35. The first-order valence-corrected chi connectivity index (χ1v) is 8.35. The summed E-state index contributed by atoms with van der Waals surface area (Å²) in [5.74, 6) is -0.453. The third kappa shape index (κ3) is 2.79. The van der Waals surface area contributed by atoms with Crippen LogP contribution in [-0.4, -0.2) is 42.8 Å². The Labute approximate surface area is 150 Å². The number of hydrogen-bond donors (Lipinski definition) is 2. The number of hydrogen-bond acceptors (Lipinski definition) is 6. The molecule has 8 nitrogen and oxygen atoms in total. The van der Waals surface area contributed by atoms with Crippen molar-refractivity contribution in [3.05, 3.63) is 52.7 Å². The van der Waals surface area contributed by atoms with Gasteiger partial charge in [0.15, 0.2) is 5.69 Å². The summed E-state index contributed by atoms with van der Waals surface area (Å²) in [5, 5.41) is 16.0. The van der Waals surface area contributed by atoms with Gasteiger partial charge in [-0.3, -0.25) is 10.1 Å². The number of carbonyl (C=O) groups is 1. The molecule has 2 N–H and O–H groups in total. The first kappa shape index (κ1) is 16.2. The van der Waals surface area contributed by atoms with Crippen LogP contribution in [0.5, 0.6) is 0 Å². The number of anilines is 1. The summed E-state index contributed by atoms with van der Waals surface area (Å²) >= 11 is 0. The fourth-order valence-electron chi connectivity index (χ4n) is 3.25. The molecule has 0 atom stereocenters. The van der Waals surface area contributed by atoms with Crippen molar-refractivity contribution in [3.8, 4) is 11.3 Å². The minimum atomic E-state index is -1.03. The summed E-state index contributed by atoms with van der Waals surface area (Å²) in [5.41, 5.74) is 5.28. The van der Waals surface area contributed by atoms with E-state index in [4.69, 9.17) is 0 Å². The number of aromatic carboxylic acids is 1. The van der Waals surface area contributed by atoms with E-state index in [1.54, 1.807) is 6.20 Å². The molecule has 0 saturated carbocycles. The summed E-state index contributed by atoms with van der Waals surface area (Å²) in [6, 6.07) is 5.83. The van der Waals surface area contributed by atoms with Crippen molar-refractivity contribution in [3.63, 3.8) is 0 Å². The molecule has 8 heteroatoms. The van der Waals surface area contributed by atoms with Crippen molar-refractivity contribution >= 4 is 11.9 Å². The molecule has 26 heavy (non-hydrogen) atoms. The van der Waals surface area contributed by atoms with Crippen LogP contribution >= 0.6 is 0 Å². The van der Waals surface area contributed by atoms with Crippen LogP contribution < -0.4 is 4.90 Å². The highest BCUT2D eigenvalue weighted by molar-refractivity contribution is 5.87. The third-order valence-electron chi connectivity index (χ3n) is 4.56. The topological polar surface area (TPSA) is 108 Å². The molecule has 4 rings (SSSR count). The molecule has 0 aromatic carbocycles. The lowest BCUT2D eigenvalue weighted by atomic mass is 10.1. The van der Waals surface area contributed by atoms with E-state index >= 15 is 0 Å². The Morgan fingerprint density at radius 2 is 2.08 bits per heavy atom. The van der Waals surface area contributed by atoms with Crippen LogP contribution in [-0.2, 0) is 13.0 Å². The molecule has 3 aromatic heterocycles. The van der Waals surface area contributed by atoms with E-state index in [1.807, 2.05) is 36.9 Å². The Hall–Kier alpha value is -3.29. The van der Waals surface area contributed by atoms with Gasteiger partial charge in [-0.25, -0.2) is 14.8 Å². The lowest BCUT2D eigenvalue weighted by Crippen LogP contribution is -2.32. The summed E-state index contributed by atoms with van der Waals surface area (Å²) in [6.07, 6.45) is 2.40. The zero-order chi connectivity index (χ0) is 18.3. The molecular formula is C18H18N6O2. The van der Waals surface area contributed by atoms with E-state index in [0.717, 1.165) is 28.3 Å². The number of nitrogens with zero attached hydrogens (tertiary/aromatic N) is 5. The van der Waals surface area contributed by atoms with E-state index in [0.29, 0.717) is 31.0 Å². The smallest absolute Gasteiger partial charge is 0.356 e. The van der Waals surface area contributed by atoms with Crippen molar-refractivity contribution in [2.24, 2.45) is 0 Å². The number of carboxylic acids is 1. The maximum Gasteiger partial charge on any atom is 0.356 e. The molecule has 0 fully saturated rings. The molecule has 0 amide bonds. The summed E-state index contributed by atoms with van der Waals surface area (Å²) in [4.78, 5) is 26.9. The van der Waals surface area contributed by atoms with E-state index in [2.05, 4.69) is 25.1 Å². The van der Waals surface area contributed by atoms with Gasteiger partial charge in [-0.15, -0.1) is 0 Å². The van der Waals surface area contributed by atoms with Gasteiger partial charge in [-0.05, 0) is 32.0 Å². The number of aromatic nitrogens is 5. The third-order valence-corrected chi connectivity index (χ3v) is 4.56. The number of rotatable bonds is 3. The number of H-pyrrole nitrogens is 1. The average Bonchev–Trinajstić information content (AvgIpc) is 3.05. The van der Waals surface area contributed by atoms with Crippen LogP contribution in [0.1, 0.15) is 33.1 Å². The Morgan fingerprint density at radius 3 is 2.85 bits per heavy atom. The molecule has 1 aliphatic heterocycles. The normalized spacial score (nSPS) is 13.5. The molecular weight excluding hydrogens is 332 g/mol. The van der Waals surface area contributed by atoms with Crippen LogP contribution in [0.2, 0.25) is 0 Å². The summed E-state index contributed by atoms with van der Waals surface area (Å²) < 4.78 is 0. The molecule has 0 spiro atoms. The molecule has 0 unspecified atom stereocenters. The molecule has 0 saturated heterocycles. The Kier molecular flexibility index (Phi) is 3.87. The maximum atomic E-state index is 11.3. The highest BCUT2D eigenvalue weighted by atomic mass is 16.4. The predicted octanol–water partition coefficient (Wildman–Crippen LogP) is 2.14. The van der Waals surface area contributed by atoms with E-state index in [1.165, 1.54) is 0 Å². The molecule has 0 aliphatic carbocycles. The van der Waals surface area contributed by atoms with Gasteiger partial charge in [0.1, 0.15) is 0 Å². The number of carboxylic acid groups (broad SMARTS) is 1. The highest BCUT2D eigenvalue weighted by Gasteiger charge is 2.26. The van der Waals surface area contributed by atoms with Crippen LogP contribution in [0.4, 0.5) is 5.95 Å². The lowest BCUT2D eigenvalue weighted by molar-refractivity contribution is 0.0689. The largest absolute Gasteiger partial charge is 0.476 e. The van der Waals surface area contributed by atoms with Crippen molar-refractivity contribution in [1.29, 1.82) is 0 Å². The van der Waals surface area contributed by atoms with Gasteiger partial charge < -0.3 is 10.0 Å². The van der Waals surface area contributed by atoms with Gasteiger partial charge in [0.2, 0.25) is 5.95 Å². The van der Waals surface area contributed by atoms with Crippen molar-refractivity contribution in [2.75, 3.05) is 11.4 Å². The van der Waals surface area contributed by atoms with E-state index < -0.39 is 5.97 Å². The Morgan fingerprint density at radius 1 is 1.23 bits per heavy atom. The summed E-state index contributed by atoms with van der Waals surface area (Å²) in [6.45, 7) is 5.03. The lowest BCUT2D eigenvalue weighted by Gasteiger charge is -2.27. The standard InChI is InChI=1S/C18H18N6O2/c1-10-3-4-12(11(2)20-10)14-5-7-19-18(21-14)24-8-6-15-13(9-24)16(17(25)26)23-22-15/h3-5,7H,6,8-9H2,1-2H3,(H,22,23)(H,25,26). The first-order chi connectivity index (χ1) is 12.5. The van der Waals surface area contributed by atoms with Crippen LogP contribution in [0.15, 0.2) is 24.4 Å². The molecule has 0 bridgehead atoms. The zero-order valence-corrected chi connectivity index (χ0v) is 14.5. The van der Waals surface area contributed by atoms with E-state index in [-0.39, 0.29) is 5.69 Å². The van der Waals surface area contributed by atoms with Gasteiger partial charge in [-0.2, -0.15) is 5.10 Å². The van der Waals surface area contributed by atoms with Gasteiger partial charge in [0.05, 0.1) is 12.2 Å². The van der Waals surface area contributed by atoms with Gasteiger partial charge in [-0.1, -0.05) is 0 Å². The van der Waals surface area contributed by atoms with Crippen molar-refractivity contribution in [1.82, 2.24) is 25.1 Å². The monoisotopic (exact) mass is 350 g/mol. The second-order valence-electron chi connectivity index (χ2n) is 6.33. The molecule has 0 radical (unpaired) electrons. The molecule has 1 aliphatic rings. The molecule has 4 heterocycles. The second-order valence-corrected chi connectivity index (χ2v) is 6.33. The second kappa shape index (κ2) is 6.21. The number of nitrogens with one attached hydrogen (secondary N) is 1. The molecule has 3 aromatic rings. The van der Waals surface area contributed by atoms with Crippen LogP contribution in [0.3, 0.4) is 0 Å². The number of fused-ring (bicyclic) bond motifs is 1. The quantitative estimate of drug-likeness (QED) is 0.745. The van der Waals surface area contributed by atoms with Crippen LogP contribution in [0.25, 0.3) is 11.3 Å². The van der Waals surface area contributed by atoms with Crippen LogP contribution in [0, 0.1) is 13.8 Å². The SMILES string of the molecule is Cc1ccc(-c2ccnc(N3CCc4[nH]nc(C(=O)O)c4C3)n2)c(C)n1. The minimum Gasteiger partial charge on any atom is -0.476 e. The minimum absolute atomic E-state index is 0.0689. The van der Waals surface area contributed by atoms with Gasteiger partial charge in [0.25, 0.3) is 0 Å². The number of aryl methyl sites for hydroxylation is 2. The Bertz CT molecular complexity index is 997. The maximum absolute atomic E-state index is 11.3. The van der Waals surface area contributed by atoms with Crippen molar-refractivity contribution < 1.29 is 9.90 Å².